The van der Waals surface area contributed by atoms with Crippen molar-refractivity contribution in [2.24, 2.45) is 11.7 Å². The molecule has 2 unspecified atom stereocenters. The van der Waals surface area contributed by atoms with E-state index in [0.29, 0.717) is 5.92 Å². The fraction of sp³-hybridized carbons (Fsp3) is 0.571. The zero-order valence-electron chi connectivity index (χ0n) is 10.3. The average Bonchev–Trinajstić information content (AvgIpc) is 2.34. The van der Waals surface area contributed by atoms with Crippen LogP contribution in [0.1, 0.15) is 24.8 Å². The zero-order chi connectivity index (χ0) is 12.1. The Kier molecular flexibility index (Phi) is 4.54. The number of nitrogens with zero attached hydrogens (tertiary/aromatic N) is 1. The summed E-state index contributed by atoms with van der Waals surface area (Å²) in [6, 6.07) is 10.5. The number of hydrogen-bond donors (Lipinski definition) is 2. The first kappa shape index (κ1) is 12.6. The molecule has 2 rings (SSSR count). The van der Waals surface area contributed by atoms with Crippen LogP contribution in [-0.4, -0.2) is 29.3 Å². The van der Waals surface area contributed by atoms with Crippen LogP contribution in [0, 0.1) is 5.92 Å². The average molecular weight is 234 g/mol. The Morgan fingerprint density at radius 3 is 2.71 bits per heavy atom. The molecule has 3 nitrogen and oxygen atoms in total. The minimum Gasteiger partial charge on any atom is -0.396 e. The van der Waals surface area contributed by atoms with Crippen LogP contribution in [0.3, 0.4) is 0 Å². The molecular formula is C14H22N2O. The molecule has 94 valence electrons. The summed E-state index contributed by atoms with van der Waals surface area (Å²) >= 11 is 0. The van der Waals surface area contributed by atoms with Crippen molar-refractivity contribution < 1.29 is 5.11 Å². The smallest absolute Gasteiger partial charge is 0.0577 e. The van der Waals surface area contributed by atoms with Crippen LogP contribution >= 0.6 is 0 Å². The van der Waals surface area contributed by atoms with Gasteiger partial charge in [0.1, 0.15) is 0 Å². The number of benzene rings is 1. The molecule has 3 heteroatoms. The third kappa shape index (κ3) is 3.53. The van der Waals surface area contributed by atoms with Gasteiger partial charge in [0.2, 0.25) is 0 Å². The number of aliphatic hydroxyl groups excluding tert-OH is 1. The lowest BCUT2D eigenvalue weighted by Crippen LogP contribution is -2.47. The van der Waals surface area contributed by atoms with Crippen LogP contribution in [0.25, 0.3) is 0 Å². The number of aliphatic hydroxyl groups is 1. The minimum atomic E-state index is 0.139. The number of likely N-dealkylation sites (tertiary alicyclic amines) is 1. The second-order valence-electron chi connectivity index (χ2n) is 4.93. The van der Waals surface area contributed by atoms with Crippen molar-refractivity contribution in [1.29, 1.82) is 0 Å². The van der Waals surface area contributed by atoms with Crippen LogP contribution in [0.15, 0.2) is 30.3 Å². The molecule has 0 aliphatic carbocycles. The van der Waals surface area contributed by atoms with Crippen LogP contribution in [0.2, 0.25) is 0 Å². The zero-order valence-corrected chi connectivity index (χ0v) is 10.3. The largest absolute Gasteiger partial charge is 0.396 e. The molecule has 1 aromatic carbocycles. The molecule has 0 saturated carbocycles. The summed E-state index contributed by atoms with van der Waals surface area (Å²) in [6.45, 7) is 2.27. The van der Waals surface area contributed by atoms with E-state index in [9.17, 15) is 0 Å². The van der Waals surface area contributed by atoms with E-state index < -0.39 is 0 Å². The normalized spacial score (nSPS) is 26.0. The highest BCUT2D eigenvalue weighted by molar-refractivity contribution is 5.14. The number of nitrogens with two attached hydrogens (primary N) is 1. The van der Waals surface area contributed by atoms with Crippen molar-refractivity contribution in [3.63, 3.8) is 0 Å². The van der Waals surface area contributed by atoms with E-state index in [1.165, 1.54) is 5.56 Å². The Bertz CT molecular complexity index is 328. The molecule has 1 aromatic rings. The fourth-order valence-electron chi connectivity index (χ4n) is 2.58. The second-order valence-corrected chi connectivity index (χ2v) is 4.93. The van der Waals surface area contributed by atoms with Gasteiger partial charge >= 0.3 is 0 Å². The molecule has 3 N–H and O–H groups in total. The van der Waals surface area contributed by atoms with E-state index in [-0.39, 0.29) is 12.8 Å². The van der Waals surface area contributed by atoms with Gasteiger partial charge in [0, 0.05) is 19.7 Å². The van der Waals surface area contributed by atoms with Crippen molar-refractivity contribution in [2.75, 3.05) is 13.2 Å². The van der Waals surface area contributed by atoms with E-state index >= 15 is 0 Å². The summed E-state index contributed by atoms with van der Waals surface area (Å²) in [4.78, 5) is 2.34. The SMILES string of the molecule is NC1CC(CCO)CCN1Cc1ccccc1. The highest BCUT2D eigenvalue weighted by atomic mass is 16.3. The first-order chi connectivity index (χ1) is 8.29. The molecule has 2 atom stereocenters. The van der Waals surface area contributed by atoms with E-state index in [2.05, 4.69) is 29.2 Å². The van der Waals surface area contributed by atoms with Crippen LogP contribution < -0.4 is 5.73 Å². The van der Waals surface area contributed by atoms with Crippen LogP contribution in [-0.2, 0) is 6.54 Å². The van der Waals surface area contributed by atoms with Gasteiger partial charge in [-0.15, -0.1) is 0 Å². The first-order valence-electron chi connectivity index (χ1n) is 6.44. The summed E-state index contributed by atoms with van der Waals surface area (Å²) in [7, 11) is 0. The fourth-order valence-corrected chi connectivity index (χ4v) is 2.58. The molecule has 0 amide bonds. The van der Waals surface area contributed by atoms with Gasteiger partial charge < -0.3 is 10.8 Å². The predicted octanol–water partition coefficient (Wildman–Crippen LogP) is 1.57. The molecule has 1 aliphatic heterocycles. The monoisotopic (exact) mass is 234 g/mol. The standard InChI is InChI=1S/C14H22N2O/c15-14-10-12(7-9-17)6-8-16(14)11-13-4-2-1-3-5-13/h1-5,12,14,17H,6-11,15H2. The maximum atomic E-state index is 8.95. The maximum Gasteiger partial charge on any atom is 0.0577 e. The molecule has 0 spiro atoms. The van der Waals surface area contributed by atoms with E-state index in [1.807, 2.05) is 6.07 Å². The topological polar surface area (TPSA) is 49.5 Å². The molecular weight excluding hydrogens is 212 g/mol. The van der Waals surface area contributed by atoms with Crippen LogP contribution in [0.5, 0.6) is 0 Å². The van der Waals surface area contributed by atoms with Crippen molar-refractivity contribution in [3.05, 3.63) is 35.9 Å². The van der Waals surface area contributed by atoms with Gasteiger partial charge in [-0.2, -0.15) is 0 Å². The maximum absolute atomic E-state index is 8.95. The molecule has 1 aliphatic rings. The molecule has 17 heavy (non-hydrogen) atoms. The lowest BCUT2D eigenvalue weighted by molar-refractivity contribution is 0.0953. The van der Waals surface area contributed by atoms with Crippen molar-refractivity contribution >= 4 is 0 Å². The van der Waals surface area contributed by atoms with Gasteiger partial charge in [-0.1, -0.05) is 30.3 Å². The molecule has 0 radical (unpaired) electrons. The summed E-state index contributed by atoms with van der Waals surface area (Å²) in [6.07, 6.45) is 3.20. The van der Waals surface area contributed by atoms with Gasteiger partial charge in [-0.3, -0.25) is 4.90 Å². The summed E-state index contributed by atoms with van der Waals surface area (Å²) in [5, 5.41) is 8.95. The van der Waals surface area contributed by atoms with E-state index in [4.69, 9.17) is 10.8 Å². The van der Waals surface area contributed by atoms with Gasteiger partial charge in [0.15, 0.2) is 0 Å². The van der Waals surface area contributed by atoms with Crippen molar-refractivity contribution in [2.45, 2.75) is 32.0 Å². The Balaban J connectivity index is 1.87. The van der Waals surface area contributed by atoms with Crippen molar-refractivity contribution in [1.82, 2.24) is 4.90 Å². The highest BCUT2D eigenvalue weighted by Gasteiger charge is 2.25. The molecule has 1 saturated heterocycles. The Labute approximate surface area is 103 Å². The minimum absolute atomic E-state index is 0.139. The molecule has 1 fully saturated rings. The van der Waals surface area contributed by atoms with Crippen molar-refractivity contribution in [3.8, 4) is 0 Å². The molecule has 0 aromatic heterocycles. The summed E-state index contributed by atoms with van der Waals surface area (Å²) in [5.74, 6) is 0.599. The van der Waals surface area contributed by atoms with Gasteiger partial charge in [0.25, 0.3) is 0 Å². The lowest BCUT2D eigenvalue weighted by Gasteiger charge is -2.37. The third-order valence-electron chi connectivity index (χ3n) is 3.63. The Morgan fingerprint density at radius 1 is 1.29 bits per heavy atom. The van der Waals surface area contributed by atoms with E-state index in [1.54, 1.807) is 0 Å². The second kappa shape index (κ2) is 6.15. The quantitative estimate of drug-likeness (QED) is 0.831. The molecule has 0 bridgehead atoms. The number of rotatable bonds is 4. The summed E-state index contributed by atoms with van der Waals surface area (Å²) < 4.78 is 0. The lowest BCUT2D eigenvalue weighted by atomic mass is 9.91. The van der Waals surface area contributed by atoms with Gasteiger partial charge in [-0.05, 0) is 30.7 Å². The number of hydrogen-bond acceptors (Lipinski definition) is 3. The predicted molar refractivity (Wildman–Crippen MR) is 69.3 cm³/mol. The Hall–Kier alpha value is -0.900. The Morgan fingerprint density at radius 2 is 2.06 bits per heavy atom. The van der Waals surface area contributed by atoms with Crippen LogP contribution in [0.4, 0.5) is 0 Å². The number of piperidine rings is 1. The van der Waals surface area contributed by atoms with Gasteiger partial charge in [-0.25, -0.2) is 0 Å². The first-order valence-corrected chi connectivity index (χ1v) is 6.44. The summed E-state index contributed by atoms with van der Waals surface area (Å²) in [5.41, 5.74) is 7.51. The van der Waals surface area contributed by atoms with Gasteiger partial charge in [0.05, 0.1) is 6.17 Å². The highest BCUT2D eigenvalue weighted by Crippen LogP contribution is 2.24. The third-order valence-corrected chi connectivity index (χ3v) is 3.63. The van der Waals surface area contributed by atoms with E-state index in [0.717, 1.165) is 32.4 Å². The molecule has 1 heterocycles.